The van der Waals surface area contributed by atoms with Crippen LogP contribution in [-0.4, -0.2) is 38.3 Å². The van der Waals surface area contributed by atoms with Gasteiger partial charge in [-0.2, -0.15) is 0 Å². The summed E-state index contributed by atoms with van der Waals surface area (Å²) in [5, 5.41) is 3.03. The lowest BCUT2D eigenvalue weighted by atomic mass is 10.4. The number of ether oxygens (including phenoxy) is 1. The molecule has 0 atom stereocenters. The molecule has 0 saturated carbocycles. The molecule has 0 bridgehead atoms. The van der Waals surface area contributed by atoms with Crippen molar-refractivity contribution in [1.82, 2.24) is 9.97 Å². The third kappa shape index (κ3) is 5.10. The van der Waals surface area contributed by atoms with Crippen LogP contribution in [0.3, 0.4) is 0 Å². The zero-order valence-electron chi connectivity index (χ0n) is 10.2. The van der Waals surface area contributed by atoms with Crippen LogP contribution in [0, 0.1) is 0 Å². The molecule has 0 aromatic carbocycles. The third-order valence-electron chi connectivity index (χ3n) is 1.87. The van der Waals surface area contributed by atoms with Crippen molar-refractivity contribution in [3.05, 3.63) is 17.6 Å². The van der Waals surface area contributed by atoms with Crippen LogP contribution in [0.4, 0.5) is 5.82 Å². The zero-order valence-corrected chi connectivity index (χ0v) is 11.0. The van der Waals surface area contributed by atoms with E-state index in [0.717, 1.165) is 6.26 Å². The fourth-order valence-electron chi connectivity index (χ4n) is 1.34. The van der Waals surface area contributed by atoms with E-state index in [4.69, 9.17) is 4.74 Å². The Labute approximate surface area is 101 Å². The van der Waals surface area contributed by atoms with Gasteiger partial charge in [0.2, 0.25) is 0 Å². The van der Waals surface area contributed by atoms with Gasteiger partial charge in [0.1, 0.15) is 17.4 Å². The molecule has 1 heterocycles. The molecule has 0 unspecified atom stereocenters. The molecule has 1 N–H and O–H groups in total. The summed E-state index contributed by atoms with van der Waals surface area (Å²) in [6.07, 6.45) is 1.16. The van der Waals surface area contributed by atoms with Crippen LogP contribution in [0.1, 0.15) is 18.4 Å². The number of anilines is 1. The van der Waals surface area contributed by atoms with Gasteiger partial charge in [-0.3, -0.25) is 0 Å². The fraction of sp³-hybridized carbons (Fsp3) is 0.600. The molecule has 96 valence electrons. The van der Waals surface area contributed by atoms with E-state index in [1.54, 1.807) is 13.2 Å². The monoisotopic (exact) mass is 259 g/mol. The van der Waals surface area contributed by atoms with E-state index in [9.17, 15) is 8.42 Å². The molecular formula is C10H17N3O3S. The molecule has 0 fully saturated rings. The maximum absolute atomic E-state index is 11.2. The van der Waals surface area contributed by atoms with E-state index in [0.29, 0.717) is 24.7 Å². The van der Waals surface area contributed by atoms with E-state index in [2.05, 4.69) is 15.3 Å². The lowest BCUT2D eigenvalue weighted by molar-refractivity contribution is 0.181. The highest BCUT2D eigenvalue weighted by Gasteiger charge is 2.10. The molecular weight excluding hydrogens is 242 g/mol. The molecule has 0 aliphatic carbocycles. The molecule has 1 aromatic heterocycles. The number of nitrogens with one attached hydrogen (secondary N) is 1. The molecule has 0 spiro atoms. The summed E-state index contributed by atoms with van der Waals surface area (Å²) < 4.78 is 27.4. The SMILES string of the molecule is CCNc1cc(COC)nc(CS(C)(=O)=O)n1. The summed E-state index contributed by atoms with van der Waals surface area (Å²) in [4.78, 5) is 8.27. The number of aromatic nitrogens is 2. The summed E-state index contributed by atoms with van der Waals surface area (Å²) in [7, 11) is -1.57. The Balaban J connectivity index is 3.02. The lowest BCUT2D eigenvalue weighted by Gasteiger charge is -2.07. The van der Waals surface area contributed by atoms with E-state index >= 15 is 0 Å². The number of nitrogens with zero attached hydrogens (tertiary/aromatic N) is 2. The molecule has 1 rings (SSSR count). The van der Waals surface area contributed by atoms with E-state index in [-0.39, 0.29) is 11.6 Å². The summed E-state index contributed by atoms with van der Waals surface area (Å²) in [5.41, 5.74) is 0.664. The number of sulfone groups is 1. The van der Waals surface area contributed by atoms with E-state index < -0.39 is 9.84 Å². The minimum Gasteiger partial charge on any atom is -0.378 e. The smallest absolute Gasteiger partial charge is 0.154 e. The van der Waals surface area contributed by atoms with Crippen molar-refractivity contribution in [2.24, 2.45) is 0 Å². The van der Waals surface area contributed by atoms with Crippen LogP contribution in [0.5, 0.6) is 0 Å². The number of rotatable bonds is 6. The summed E-state index contributed by atoms with van der Waals surface area (Å²) in [5.74, 6) is 0.745. The summed E-state index contributed by atoms with van der Waals surface area (Å²) in [6.45, 7) is 2.98. The molecule has 0 radical (unpaired) electrons. The van der Waals surface area contributed by atoms with Crippen molar-refractivity contribution < 1.29 is 13.2 Å². The zero-order chi connectivity index (χ0) is 12.9. The molecule has 0 aliphatic heterocycles. The first-order valence-corrected chi connectivity index (χ1v) is 7.28. The predicted molar refractivity (Wildman–Crippen MR) is 65.5 cm³/mol. The van der Waals surface area contributed by atoms with Crippen LogP contribution in [-0.2, 0) is 26.9 Å². The highest BCUT2D eigenvalue weighted by molar-refractivity contribution is 7.89. The van der Waals surface area contributed by atoms with Crippen molar-refractivity contribution in [2.75, 3.05) is 25.2 Å². The minimum atomic E-state index is -3.13. The highest BCUT2D eigenvalue weighted by Crippen LogP contribution is 2.09. The van der Waals surface area contributed by atoms with Gasteiger partial charge >= 0.3 is 0 Å². The van der Waals surface area contributed by atoms with Crippen LogP contribution >= 0.6 is 0 Å². The Morgan fingerprint density at radius 1 is 1.41 bits per heavy atom. The van der Waals surface area contributed by atoms with Crippen molar-refractivity contribution in [3.63, 3.8) is 0 Å². The Kier molecular flexibility index (Phi) is 4.83. The molecule has 0 amide bonds. The maximum atomic E-state index is 11.2. The topological polar surface area (TPSA) is 81.2 Å². The second kappa shape index (κ2) is 5.92. The molecule has 7 heteroatoms. The predicted octanol–water partition coefficient (Wildman–Crippen LogP) is 0.599. The van der Waals surface area contributed by atoms with Gasteiger partial charge in [0, 0.05) is 26.0 Å². The Hall–Kier alpha value is -1.21. The second-order valence-electron chi connectivity index (χ2n) is 3.69. The van der Waals surface area contributed by atoms with Gasteiger partial charge in [0.25, 0.3) is 0 Å². The third-order valence-corrected chi connectivity index (χ3v) is 2.65. The van der Waals surface area contributed by atoms with Crippen LogP contribution in [0.25, 0.3) is 0 Å². The van der Waals surface area contributed by atoms with E-state index in [1.165, 1.54) is 0 Å². The van der Waals surface area contributed by atoms with Crippen molar-refractivity contribution in [1.29, 1.82) is 0 Å². The van der Waals surface area contributed by atoms with Crippen molar-refractivity contribution in [2.45, 2.75) is 19.3 Å². The Morgan fingerprint density at radius 3 is 2.65 bits per heavy atom. The van der Waals surface area contributed by atoms with Crippen LogP contribution in [0.2, 0.25) is 0 Å². The lowest BCUT2D eigenvalue weighted by Crippen LogP contribution is -2.10. The van der Waals surface area contributed by atoms with Gasteiger partial charge in [-0.25, -0.2) is 18.4 Å². The van der Waals surface area contributed by atoms with Gasteiger partial charge < -0.3 is 10.1 Å². The first kappa shape index (κ1) is 13.9. The number of methoxy groups -OCH3 is 1. The average Bonchev–Trinajstić information content (AvgIpc) is 2.15. The summed E-state index contributed by atoms with van der Waals surface area (Å²) >= 11 is 0. The number of hydrogen-bond donors (Lipinski definition) is 1. The Bertz CT molecular complexity index is 449. The first-order chi connectivity index (χ1) is 7.94. The minimum absolute atomic E-state index is 0.164. The quantitative estimate of drug-likeness (QED) is 0.805. The van der Waals surface area contributed by atoms with Gasteiger partial charge in [-0.05, 0) is 6.92 Å². The number of hydrogen-bond acceptors (Lipinski definition) is 6. The van der Waals surface area contributed by atoms with Crippen molar-refractivity contribution in [3.8, 4) is 0 Å². The molecule has 17 heavy (non-hydrogen) atoms. The normalized spacial score (nSPS) is 11.5. The fourth-order valence-corrected chi connectivity index (χ4v) is 1.94. The van der Waals surface area contributed by atoms with Crippen LogP contribution in [0.15, 0.2) is 6.07 Å². The second-order valence-corrected chi connectivity index (χ2v) is 5.83. The first-order valence-electron chi connectivity index (χ1n) is 5.22. The highest BCUT2D eigenvalue weighted by atomic mass is 32.2. The van der Waals surface area contributed by atoms with Gasteiger partial charge in [-0.1, -0.05) is 0 Å². The largest absolute Gasteiger partial charge is 0.378 e. The van der Waals surface area contributed by atoms with Crippen molar-refractivity contribution >= 4 is 15.7 Å². The molecule has 0 saturated heterocycles. The van der Waals surface area contributed by atoms with E-state index in [1.807, 2.05) is 6.92 Å². The molecule has 1 aromatic rings. The molecule has 0 aliphatic rings. The molecule has 6 nitrogen and oxygen atoms in total. The van der Waals surface area contributed by atoms with Gasteiger partial charge in [0.05, 0.1) is 12.3 Å². The standard InChI is InChI=1S/C10H17N3O3S/c1-4-11-9-5-8(6-16-2)12-10(13-9)7-17(3,14)15/h5H,4,6-7H2,1-3H3,(H,11,12,13). The average molecular weight is 259 g/mol. The maximum Gasteiger partial charge on any atom is 0.154 e. The Morgan fingerprint density at radius 2 is 2.12 bits per heavy atom. The van der Waals surface area contributed by atoms with Gasteiger partial charge in [-0.15, -0.1) is 0 Å². The summed E-state index contributed by atoms with van der Waals surface area (Å²) in [6, 6.07) is 1.75. The van der Waals surface area contributed by atoms with Crippen LogP contribution < -0.4 is 5.32 Å². The van der Waals surface area contributed by atoms with Gasteiger partial charge in [0.15, 0.2) is 9.84 Å².